The predicted molar refractivity (Wildman–Crippen MR) is 77.8 cm³/mol. The third-order valence-corrected chi connectivity index (χ3v) is 1.97. The molecule has 0 atom stereocenters. The highest BCUT2D eigenvalue weighted by Crippen LogP contribution is 2.13. The summed E-state index contributed by atoms with van der Waals surface area (Å²) in [5.74, 6) is 0. The van der Waals surface area contributed by atoms with E-state index in [1.165, 1.54) is 0 Å². The first-order valence-electron chi connectivity index (χ1n) is 3.86. The van der Waals surface area contributed by atoms with Crippen LogP contribution in [0.3, 0.4) is 0 Å². The third-order valence-electron chi connectivity index (χ3n) is 1.34. The van der Waals surface area contributed by atoms with Crippen molar-refractivity contribution >= 4 is 38.5 Å². The van der Waals surface area contributed by atoms with E-state index in [2.05, 4.69) is 64.8 Å². The first-order chi connectivity index (χ1) is 6.43. The van der Waals surface area contributed by atoms with Gasteiger partial charge in [0, 0.05) is 8.06 Å². The highest BCUT2D eigenvalue weighted by atomic mass is 127. The summed E-state index contributed by atoms with van der Waals surface area (Å²) in [5, 5.41) is 0. The fourth-order valence-electron chi connectivity index (χ4n) is 0.596. The lowest BCUT2D eigenvalue weighted by Gasteiger charge is -1.97. The number of hydrogen-bond donors (Lipinski definition) is 0. The van der Waals surface area contributed by atoms with E-state index in [9.17, 15) is 0 Å². The van der Waals surface area contributed by atoms with Gasteiger partial charge in [0.2, 0.25) is 0 Å². The maximum atomic E-state index is 3.88. The summed E-state index contributed by atoms with van der Waals surface area (Å²) >= 11 is 5.37. The Morgan fingerprint density at radius 1 is 0.857 bits per heavy atom. The molecule has 0 bridgehead atoms. The molecular formula is C12H12BrI. The molecule has 0 aliphatic heterocycles. The molecular weight excluding hydrogens is 351 g/mol. The highest BCUT2D eigenvalue weighted by molar-refractivity contribution is 14.1. The summed E-state index contributed by atoms with van der Waals surface area (Å²) in [7, 11) is 0. The number of hydrogen-bond acceptors (Lipinski definition) is 0. The first-order valence-corrected chi connectivity index (χ1v) is 5.74. The Balaban J connectivity index is 4.35. The van der Waals surface area contributed by atoms with E-state index in [1.807, 2.05) is 24.3 Å². The first kappa shape index (κ1) is 13.7. The van der Waals surface area contributed by atoms with Crippen LogP contribution in [0.4, 0.5) is 0 Å². The maximum Gasteiger partial charge on any atom is 0.0103 e. The zero-order chi connectivity index (χ0) is 11.1. The minimum Gasteiger partial charge on any atom is -0.0912 e. The molecule has 2 heteroatoms. The summed E-state index contributed by atoms with van der Waals surface area (Å²) in [5.41, 5.74) is 1.73. The van der Waals surface area contributed by atoms with Crippen molar-refractivity contribution in [1.29, 1.82) is 0 Å². The van der Waals surface area contributed by atoms with Crippen LogP contribution >= 0.6 is 38.5 Å². The molecule has 0 amide bonds. The molecule has 0 unspecified atom stereocenters. The second-order valence-corrected chi connectivity index (χ2v) is 5.02. The molecule has 0 spiro atoms. The minimum absolute atomic E-state index is 0.814. The van der Waals surface area contributed by atoms with Crippen LogP contribution < -0.4 is 0 Å². The Bertz CT molecular complexity index is 298. The van der Waals surface area contributed by atoms with E-state index in [0.29, 0.717) is 0 Å². The summed E-state index contributed by atoms with van der Waals surface area (Å²) in [6.45, 7) is 15.2. The third kappa shape index (κ3) is 7.09. The standard InChI is InChI=1S/C12H12BrI/c1-9(5-7-11(3)13)10(2)6-8-12(4)14/h5-8H,1-4H2/b7-5-,8-6-. The molecule has 0 N–H and O–H groups in total. The molecule has 0 saturated carbocycles. The molecule has 0 aromatic carbocycles. The van der Waals surface area contributed by atoms with Gasteiger partial charge in [-0.25, -0.2) is 0 Å². The molecule has 0 saturated heterocycles. The van der Waals surface area contributed by atoms with Crippen LogP contribution in [0, 0.1) is 0 Å². The predicted octanol–water partition coefficient (Wildman–Crippen LogP) is 5.07. The van der Waals surface area contributed by atoms with Gasteiger partial charge in [-0.1, -0.05) is 54.4 Å². The Kier molecular flexibility index (Phi) is 6.83. The Morgan fingerprint density at radius 2 is 1.29 bits per heavy atom. The van der Waals surface area contributed by atoms with Gasteiger partial charge in [0.15, 0.2) is 0 Å². The van der Waals surface area contributed by atoms with E-state index in [0.717, 1.165) is 19.2 Å². The molecule has 0 aliphatic rings. The van der Waals surface area contributed by atoms with Crippen molar-refractivity contribution in [2.75, 3.05) is 0 Å². The molecule has 0 heterocycles. The van der Waals surface area contributed by atoms with Crippen LogP contribution in [-0.4, -0.2) is 0 Å². The second-order valence-electron chi connectivity index (χ2n) is 2.61. The van der Waals surface area contributed by atoms with Crippen LogP contribution in [0.15, 0.2) is 69.8 Å². The minimum atomic E-state index is 0.814. The lowest BCUT2D eigenvalue weighted by molar-refractivity contribution is 1.60. The molecule has 0 fully saturated rings. The van der Waals surface area contributed by atoms with E-state index < -0.39 is 0 Å². The van der Waals surface area contributed by atoms with Crippen LogP contribution in [0.2, 0.25) is 0 Å². The van der Waals surface area contributed by atoms with Gasteiger partial charge >= 0.3 is 0 Å². The van der Waals surface area contributed by atoms with E-state index in [4.69, 9.17) is 0 Å². The van der Waals surface area contributed by atoms with E-state index >= 15 is 0 Å². The molecule has 0 aliphatic carbocycles. The van der Waals surface area contributed by atoms with Crippen LogP contribution in [0.1, 0.15) is 0 Å². The van der Waals surface area contributed by atoms with Gasteiger partial charge in [0.25, 0.3) is 0 Å². The molecule has 0 aromatic rings. The second kappa shape index (κ2) is 7.01. The molecule has 14 heavy (non-hydrogen) atoms. The van der Waals surface area contributed by atoms with Crippen LogP contribution in [-0.2, 0) is 0 Å². The number of rotatable bonds is 5. The fourth-order valence-corrected chi connectivity index (χ4v) is 0.908. The van der Waals surface area contributed by atoms with Crippen molar-refractivity contribution in [1.82, 2.24) is 0 Å². The summed E-state index contributed by atoms with van der Waals surface area (Å²) < 4.78 is 1.78. The average Bonchev–Trinajstić information content (AvgIpc) is 2.09. The van der Waals surface area contributed by atoms with E-state index in [1.54, 1.807) is 0 Å². The monoisotopic (exact) mass is 362 g/mol. The maximum absolute atomic E-state index is 3.88. The van der Waals surface area contributed by atoms with Gasteiger partial charge in [-0.2, -0.15) is 0 Å². The Hall–Kier alpha value is -0.350. The van der Waals surface area contributed by atoms with Gasteiger partial charge in [-0.15, -0.1) is 0 Å². The molecule has 0 rings (SSSR count). The van der Waals surface area contributed by atoms with E-state index in [-0.39, 0.29) is 0 Å². The van der Waals surface area contributed by atoms with Crippen LogP contribution in [0.5, 0.6) is 0 Å². The molecule has 74 valence electrons. The number of halogens is 2. The highest BCUT2D eigenvalue weighted by Gasteiger charge is 1.91. The van der Waals surface area contributed by atoms with Gasteiger partial charge in [-0.05, 0) is 45.9 Å². The topological polar surface area (TPSA) is 0 Å². The summed E-state index contributed by atoms with van der Waals surface area (Å²) in [6, 6.07) is 0. The lowest BCUT2D eigenvalue weighted by atomic mass is 10.1. The Morgan fingerprint density at radius 3 is 1.64 bits per heavy atom. The van der Waals surface area contributed by atoms with Gasteiger partial charge < -0.3 is 0 Å². The van der Waals surface area contributed by atoms with Crippen molar-refractivity contribution < 1.29 is 0 Å². The van der Waals surface area contributed by atoms with Gasteiger partial charge in [-0.3, -0.25) is 0 Å². The molecule has 0 radical (unpaired) electrons. The van der Waals surface area contributed by atoms with Crippen molar-refractivity contribution in [3.05, 3.63) is 69.8 Å². The molecule has 0 aromatic heterocycles. The van der Waals surface area contributed by atoms with Crippen molar-refractivity contribution in [2.45, 2.75) is 0 Å². The quantitative estimate of drug-likeness (QED) is 0.473. The smallest absolute Gasteiger partial charge is 0.0103 e. The molecule has 0 nitrogen and oxygen atoms in total. The largest absolute Gasteiger partial charge is 0.0912 e. The van der Waals surface area contributed by atoms with Gasteiger partial charge in [0.1, 0.15) is 0 Å². The normalized spacial score (nSPS) is 10.7. The van der Waals surface area contributed by atoms with Crippen LogP contribution in [0.25, 0.3) is 0 Å². The lowest BCUT2D eigenvalue weighted by Crippen LogP contribution is -1.77. The van der Waals surface area contributed by atoms with Crippen molar-refractivity contribution in [3.8, 4) is 0 Å². The zero-order valence-corrected chi connectivity index (χ0v) is 11.6. The fraction of sp³-hybridized carbons (Fsp3) is 0. The Labute approximate surface area is 108 Å². The SMILES string of the molecule is C=C(Br)/C=C\C(=C)C(=C)/C=C\C(=C)I. The zero-order valence-electron chi connectivity index (χ0n) is 7.89. The number of allylic oxidation sites excluding steroid dienone is 8. The average molecular weight is 363 g/mol. The summed E-state index contributed by atoms with van der Waals surface area (Å²) in [6.07, 6.45) is 7.48. The van der Waals surface area contributed by atoms with Crippen molar-refractivity contribution in [2.24, 2.45) is 0 Å². The van der Waals surface area contributed by atoms with Crippen molar-refractivity contribution in [3.63, 3.8) is 0 Å². The summed E-state index contributed by atoms with van der Waals surface area (Å²) in [4.78, 5) is 0. The van der Waals surface area contributed by atoms with Gasteiger partial charge in [0.05, 0.1) is 0 Å².